The first kappa shape index (κ1) is 13.2. The fraction of sp³-hybridized carbons (Fsp3) is 0. The average molecular weight is 350 g/mol. The Kier molecular flexibility index (Phi) is 3.51. The van der Waals surface area contributed by atoms with Crippen LogP contribution in [0.5, 0.6) is 11.6 Å². The Labute approximate surface area is 129 Å². The van der Waals surface area contributed by atoms with Crippen LogP contribution in [0.1, 0.15) is 0 Å². The normalized spacial score (nSPS) is 10.7. The van der Waals surface area contributed by atoms with Crippen LogP contribution in [0.15, 0.2) is 53.0 Å². The van der Waals surface area contributed by atoms with Gasteiger partial charge in [-0.15, -0.1) is 0 Å². The predicted molar refractivity (Wildman–Crippen MR) is 85.4 cm³/mol. The number of fused-ring (bicyclic) bond motifs is 1. The lowest BCUT2D eigenvalue weighted by Crippen LogP contribution is -1.90. The Hall–Kier alpha value is -1.78. The molecule has 0 saturated heterocycles. The summed E-state index contributed by atoms with van der Waals surface area (Å²) in [5.41, 5.74) is 7.29. The van der Waals surface area contributed by atoms with Crippen LogP contribution in [-0.4, -0.2) is 4.98 Å². The molecule has 0 atom stereocenters. The predicted octanol–water partition coefficient (Wildman–Crippen LogP) is 5.03. The average Bonchev–Trinajstić information content (AvgIpc) is 2.42. The number of benzene rings is 2. The van der Waals surface area contributed by atoms with Crippen molar-refractivity contribution in [1.29, 1.82) is 0 Å². The summed E-state index contributed by atoms with van der Waals surface area (Å²) in [4.78, 5) is 4.44. The van der Waals surface area contributed by atoms with Gasteiger partial charge < -0.3 is 10.5 Å². The van der Waals surface area contributed by atoms with E-state index in [0.717, 1.165) is 15.4 Å². The Morgan fingerprint density at radius 1 is 1.05 bits per heavy atom. The molecule has 1 aromatic heterocycles. The first-order valence-corrected chi connectivity index (χ1v) is 7.08. The van der Waals surface area contributed by atoms with Crippen LogP contribution in [0, 0.1) is 0 Å². The quantitative estimate of drug-likeness (QED) is 0.660. The van der Waals surface area contributed by atoms with Gasteiger partial charge in [0.25, 0.3) is 0 Å². The van der Waals surface area contributed by atoms with E-state index in [1.807, 2.05) is 30.3 Å². The zero-order valence-corrected chi connectivity index (χ0v) is 12.6. The smallest absolute Gasteiger partial charge is 0.219 e. The van der Waals surface area contributed by atoms with Crippen molar-refractivity contribution >= 4 is 44.1 Å². The van der Waals surface area contributed by atoms with Gasteiger partial charge in [-0.3, -0.25) is 0 Å². The van der Waals surface area contributed by atoms with E-state index >= 15 is 0 Å². The van der Waals surface area contributed by atoms with E-state index in [-0.39, 0.29) is 0 Å². The molecule has 0 saturated carbocycles. The Balaban J connectivity index is 1.96. The number of halogens is 2. The molecule has 0 bridgehead atoms. The maximum atomic E-state index is 5.90. The van der Waals surface area contributed by atoms with Crippen molar-refractivity contribution < 1.29 is 4.74 Å². The van der Waals surface area contributed by atoms with Crippen molar-refractivity contribution in [3.63, 3.8) is 0 Å². The van der Waals surface area contributed by atoms with E-state index in [2.05, 4.69) is 20.9 Å². The molecule has 0 fully saturated rings. The lowest BCUT2D eigenvalue weighted by Gasteiger charge is -2.08. The van der Waals surface area contributed by atoms with Crippen molar-refractivity contribution in [3.8, 4) is 11.6 Å². The molecule has 0 spiro atoms. The Morgan fingerprint density at radius 3 is 2.70 bits per heavy atom. The van der Waals surface area contributed by atoms with Crippen LogP contribution in [0.25, 0.3) is 10.9 Å². The van der Waals surface area contributed by atoms with Gasteiger partial charge in [0.15, 0.2) is 0 Å². The third kappa shape index (κ3) is 2.71. The van der Waals surface area contributed by atoms with E-state index in [0.29, 0.717) is 22.3 Å². The maximum Gasteiger partial charge on any atom is 0.219 e. The third-order valence-corrected chi connectivity index (χ3v) is 3.65. The molecule has 20 heavy (non-hydrogen) atoms. The number of nitrogens with zero attached hydrogens (tertiary/aromatic N) is 1. The zero-order valence-electron chi connectivity index (χ0n) is 10.3. The highest BCUT2D eigenvalue weighted by Crippen LogP contribution is 2.31. The van der Waals surface area contributed by atoms with Crippen LogP contribution in [0.3, 0.4) is 0 Å². The van der Waals surface area contributed by atoms with Crippen molar-refractivity contribution in [3.05, 3.63) is 58.0 Å². The summed E-state index contributed by atoms with van der Waals surface area (Å²) in [6.07, 6.45) is 0. The summed E-state index contributed by atoms with van der Waals surface area (Å²) < 4.78 is 6.54. The van der Waals surface area contributed by atoms with Gasteiger partial charge in [-0.05, 0) is 58.4 Å². The van der Waals surface area contributed by atoms with Gasteiger partial charge in [-0.2, -0.15) is 0 Å². The number of aromatic nitrogens is 1. The summed E-state index contributed by atoms with van der Waals surface area (Å²) in [6, 6.07) is 14.6. The number of nitrogens with two attached hydrogens (primary N) is 1. The van der Waals surface area contributed by atoms with Gasteiger partial charge in [0.2, 0.25) is 5.88 Å². The standard InChI is InChI=1S/C15H10BrClN2O/c16-12-8-10(17)2-5-14(12)20-15-6-1-9-7-11(18)3-4-13(9)19-15/h1-8H,18H2. The largest absolute Gasteiger partial charge is 0.438 e. The minimum absolute atomic E-state index is 0.519. The molecule has 0 aliphatic carbocycles. The fourth-order valence-electron chi connectivity index (χ4n) is 1.85. The van der Waals surface area contributed by atoms with Gasteiger partial charge in [-0.1, -0.05) is 11.6 Å². The summed E-state index contributed by atoms with van der Waals surface area (Å²) >= 11 is 9.31. The van der Waals surface area contributed by atoms with Crippen LogP contribution >= 0.6 is 27.5 Å². The molecule has 2 N–H and O–H groups in total. The lowest BCUT2D eigenvalue weighted by molar-refractivity contribution is 0.462. The molecular formula is C15H10BrClN2O. The molecule has 0 radical (unpaired) electrons. The molecule has 3 rings (SSSR count). The van der Waals surface area contributed by atoms with Gasteiger partial charge in [0, 0.05) is 22.2 Å². The topological polar surface area (TPSA) is 48.1 Å². The summed E-state index contributed by atoms with van der Waals surface area (Å²) in [7, 11) is 0. The maximum absolute atomic E-state index is 5.90. The number of hydrogen-bond donors (Lipinski definition) is 1. The van der Waals surface area contributed by atoms with Crippen LogP contribution in [0.4, 0.5) is 5.69 Å². The SMILES string of the molecule is Nc1ccc2nc(Oc3ccc(Cl)cc3Br)ccc2c1. The molecular weight excluding hydrogens is 340 g/mol. The highest BCUT2D eigenvalue weighted by atomic mass is 79.9. The second-order valence-corrected chi connectivity index (χ2v) is 5.57. The minimum Gasteiger partial charge on any atom is -0.438 e. The summed E-state index contributed by atoms with van der Waals surface area (Å²) in [6.45, 7) is 0. The first-order chi connectivity index (χ1) is 9.61. The van der Waals surface area contributed by atoms with E-state index in [1.54, 1.807) is 18.2 Å². The molecule has 0 unspecified atom stereocenters. The third-order valence-electron chi connectivity index (χ3n) is 2.80. The molecule has 3 aromatic rings. The molecule has 100 valence electrons. The molecule has 2 aromatic carbocycles. The number of pyridine rings is 1. The van der Waals surface area contributed by atoms with Crippen molar-refractivity contribution in [2.24, 2.45) is 0 Å². The Morgan fingerprint density at radius 2 is 1.90 bits per heavy atom. The van der Waals surface area contributed by atoms with Crippen LogP contribution in [0.2, 0.25) is 5.02 Å². The van der Waals surface area contributed by atoms with E-state index < -0.39 is 0 Å². The summed E-state index contributed by atoms with van der Waals surface area (Å²) in [5, 5.41) is 1.62. The van der Waals surface area contributed by atoms with Crippen LogP contribution < -0.4 is 10.5 Å². The number of anilines is 1. The van der Waals surface area contributed by atoms with Gasteiger partial charge >= 0.3 is 0 Å². The minimum atomic E-state index is 0.519. The lowest BCUT2D eigenvalue weighted by atomic mass is 10.2. The second-order valence-electron chi connectivity index (χ2n) is 4.28. The van der Waals surface area contributed by atoms with Gasteiger partial charge in [0.05, 0.1) is 9.99 Å². The Bertz CT molecular complexity index is 792. The number of hydrogen-bond acceptors (Lipinski definition) is 3. The van der Waals surface area contributed by atoms with E-state index in [4.69, 9.17) is 22.1 Å². The number of ether oxygens (including phenoxy) is 1. The van der Waals surface area contributed by atoms with Crippen molar-refractivity contribution in [1.82, 2.24) is 4.98 Å². The second kappa shape index (κ2) is 5.31. The highest BCUT2D eigenvalue weighted by Gasteiger charge is 2.05. The van der Waals surface area contributed by atoms with Gasteiger partial charge in [0.1, 0.15) is 5.75 Å². The highest BCUT2D eigenvalue weighted by molar-refractivity contribution is 9.10. The molecule has 0 aliphatic heterocycles. The van der Waals surface area contributed by atoms with E-state index in [9.17, 15) is 0 Å². The zero-order chi connectivity index (χ0) is 14.1. The molecule has 5 heteroatoms. The molecule has 1 heterocycles. The molecule has 3 nitrogen and oxygen atoms in total. The van der Waals surface area contributed by atoms with Gasteiger partial charge in [-0.25, -0.2) is 4.98 Å². The monoisotopic (exact) mass is 348 g/mol. The number of rotatable bonds is 2. The summed E-state index contributed by atoms with van der Waals surface area (Å²) in [5.74, 6) is 1.18. The van der Waals surface area contributed by atoms with E-state index in [1.165, 1.54) is 0 Å². The van der Waals surface area contributed by atoms with Crippen molar-refractivity contribution in [2.45, 2.75) is 0 Å². The number of nitrogen functional groups attached to an aromatic ring is 1. The van der Waals surface area contributed by atoms with Crippen LogP contribution in [-0.2, 0) is 0 Å². The molecule has 0 amide bonds. The van der Waals surface area contributed by atoms with Crippen molar-refractivity contribution in [2.75, 3.05) is 5.73 Å². The fourth-order valence-corrected chi connectivity index (χ4v) is 2.62. The molecule has 0 aliphatic rings. The first-order valence-electron chi connectivity index (χ1n) is 5.91.